The monoisotopic (exact) mass is 219 g/mol. The molecule has 0 N–H and O–H groups in total. The number of rotatable bonds is 7. The summed E-state index contributed by atoms with van der Waals surface area (Å²) in [5.74, 6) is 0. The van der Waals surface area contributed by atoms with E-state index in [4.69, 9.17) is 13.3 Å². The maximum Gasteiger partial charge on any atom is 0.506 e. The zero-order chi connectivity index (χ0) is 11.2. The first-order chi connectivity index (χ1) is 6.61. The van der Waals surface area contributed by atoms with Crippen molar-refractivity contribution in [2.75, 3.05) is 21.3 Å². The van der Waals surface area contributed by atoms with Crippen molar-refractivity contribution < 1.29 is 13.3 Å². The molecule has 0 bridgehead atoms. The average Bonchev–Trinajstić information content (AvgIpc) is 2.27. The first-order valence-corrected chi connectivity index (χ1v) is 6.79. The summed E-state index contributed by atoms with van der Waals surface area (Å²) in [5, 5.41) is -0.0503. The van der Waals surface area contributed by atoms with Gasteiger partial charge in [0.25, 0.3) is 0 Å². The predicted molar refractivity (Wildman–Crippen MR) is 60.0 cm³/mol. The van der Waals surface area contributed by atoms with Crippen LogP contribution in [0.15, 0.2) is 0 Å². The Bertz CT molecular complexity index is 119. The molecule has 0 unspecified atom stereocenters. The lowest BCUT2D eigenvalue weighted by Crippen LogP contribution is -2.54. The van der Waals surface area contributed by atoms with Gasteiger partial charge in [0.15, 0.2) is 0 Å². The molecular weight excluding hydrogens is 196 g/mol. The summed E-state index contributed by atoms with van der Waals surface area (Å²) in [4.78, 5) is 0. The van der Waals surface area contributed by atoms with Crippen LogP contribution in [0.4, 0.5) is 0 Å². The first kappa shape index (κ1) is 14.1. The summed E-state index contributed by atoms with van der Waals surface area (Å²) >= 11 is 0. The minimum Gasteiger partial charge on any atom is -0.377 e. The summed E-state index contributed by atoms with van der Waals surface area (Å²) in [7, 11) is 2.43. The van der Waals surface area contributed by atoms with Gasteiger partial charge in [0.2, 0.25) is 0 Å². The third-order valence-corrected chi connectivity index (χ3v) is 7.16. The lowest BCUT2D eigenvalue weighted by atomic mass is 9.99. The molecule has 0 aliphatic heterocycles. The molecule has 0 atom stereocenters. The Morgan fingerprint density at radius 2 is 1.36 bits per heavy atom. The second-order valence-electron chi connectivity index (χ2n) is 3.41. The molecule has 4 heteroatoms. The molecule has 0 fully saturated rings. The predicted octanol–water partition coefficient (Wildman–Crippen LogP) is 2.65. The van der Waals surface area contributed by atoms with E-state index in [0.29, 0.717) is 0 Å². The van der Waals surface area contributed by atoms with Crippen molar-refractivity contribution in [3.8, 4) is 0 Å². The highest BCUT2D eigenvalue weighted by Crippen LogP contribution is 2.48. The number of hydrogen-bond acceptors (Lipinski definition) is 3. The summed E-state index contributed by atoms with van der Waals surface area (Å²) in [6.45, 7) is 8.27. The Morgan fingerprint density at radius 3 is 1.43 bits per heavy atom. The van der Waals surface area contributed by atoms with Gasteiger partial charge in [-0.05, 0) is 19.3 Å². The molecule has 0 saturated carbocycles. The van der Waals surface area contributed by atoms with Crippen LogP contribution in [0.25, 0.3) is 0 Å². The van der Waals surface area contributed by atoms with Gasteiger partial charge in [-0.3, -0.25) is 0 Å². The SMILES string of the molecule is [CH2]CC(CC)(CC)[Si](OC)(OC)OC. The summed E-state index contributed by atoms with van der Waals surface area (Å²) in [6.07, 6.45) is 2.71. The summed E-state index contributed by atoms with van der Waals surface area (Å²) in [6, 6.07) is 0. The van der Waals surface area contributed by atoms with Crippen molar-refractivity contribution in [2.24, 2.45) is 0 Å². The van der Waals surface area contributed by atoms with Crippen molar-refractivity contribution in [1.82, 2.24) is 0 Å². The third kappa shape index (κ3) is 2.03. The maximum atomic E-state index is 5.53. The molecule has 0 saturated heterocycles. The van der Waals surface area contributed by atoms with Crippen LogP contribution in [0.1, 0.15) is 33.1 Å². The van der Waals surface area contributed by atoms with Crippen LogP contribution in [0.2, 0.25) is 5.04 Å². The molecule has 14 heavy (non-hydrogen) atoms. The zero-order valence-electron chi connectivity index (χ0n) is 10.1. The molecular formula is C10H23O3Si. The van der Waals surface area contributed by atoms with Gasteiger partial charge in [-0.25, -0.2) is 0 Å². The lowest BCUT2D eigenvalue weighted by molar-refractivity contribution is 0.0852. The largest absolute Gasteiger partial charge is 0.506 e. The van der Waals surface area contributed by atoms with Crippen molar-refractivity contribution in [1.29, 1.82) is 0 Å². The molecule has 3 nitrogen and oxygen atoms in total. The average molecular weight is 219 g/mol. The van der Waals surface area contributed by atoms with E-state index < -0.39 is 8.80 Å². The van der Waals surface area contributed by atoms with Crippen LogP contribution in [0, 0.1) is 6.92 Å². The van der Waals surface area contributed by atoms with Crippen LogP contribution in [-0.2, 0) is 13.3 Å². The fourth-order valence-electron chi connectivity index (χ4n) is 2.09. The molecule has 0 heterocycles. The standard InChI is InChI=1S/C10H23O3Si/c1-7-10(8-2,9-3)14(11-4,12-5)13-6/h1,7-9H2,2-6H3. The molecule has 0 amide bonds. The Hall–Kier alpha value is 0.0969. The molecule has 0 aliphatic rings. The lowest BCUT2D eigenvalue weighted by Gasteiger charge is -2.42. The van der Waals surface area contributed by atoms with Gasteiger partial charge in [-0.2, -0.15) is 0 Å². The maximum absolute atomic E-state index is 5.53. The van der Waals surface area contributed by atoms with Crippen LogP contribution < -0.4 is 0 Å². The molecule has 0 aromatic rings. The van der Waals surface area contributed by atoms with Crippen molar-refractivity contribution in [3.63, 3.8) is 0 Å². The van der Waals surface area contributed by atoms with E-state index in [9.17, 15) is 0 Å². The van der Waals surface area contributed by atoms with Gasteiger partial charge in [0, 0.05) is 26.4 Å². The van der Waals surface area contributed by atoms with E-state index in [1.165, 1.54) is 0 Å². The first-order valence-electron chi connectivity index (χ1n) is 5.06. The van der Waals surface area contributed by atoms with Crippen molar-refractivity contribution >= 4 is 8.80 Å². The smallest absolute Gasteiger partial charge is 0.377 e. The second kappa shape index (κ2) is 5.85. The van der Waals surface area contributed by atoms with Crippen molar-refractivity contribution in [3.05, 3.63) is 6.92 Å². The highest BCUT2D eigenvalue weighted by Gasteiger charge is 2.56. The highest BCUT2D eigenvalue weighted by atomic mass is 28.4. The minimum absolute atomic E-state index is 0.0503. The Morgan fingerprint density at radius 1 is 1.00 bits per heavy atom. The quantitative estimate of drug-likeness (QED) is 0.616. The van der Waals surface area contributed by atoms with Gasteiger partial charge < -0.3 is 13.3 Å². The van der Waals surface area contributed by atoms with E-state index in [1.807, 2.05) is 0 Å². The molecule has 1 radical (unpaired) electrons. The van der Waals surface area contributed by atoms with E-state index in [0.717, 1.165) is 19.3 Å². The Kier molecular flexibility index (Phi) is 5.89. The molecule has 0 aliphatic carbocycles. The summed E-state index contributed by atoms with van der Waals surface area (Å²) in [5.41, 5.74) is 0. The van der Waals surface area contributed by atoms with E-state index in [-0.39, 0.29) is 5.04 Å². The molecule has 0 spiro atoms. The van der Waals surface area contributed by atoms with Gasteiger partial charge in [0.1, 0.15) is 0 Å². The molecule has 0 rings (SSSR count). The topological polar surface area (TPSA) is 27.7 Å². The van der Waals surface area contributed by atoms with Gasteiger partial charge in [0.05, 0.1) is 0 Å². The zero-order valence-corrected chi connectivity index (χ0v) is 11.1. The van der Waals surface area contributed by atoms with Crippen LogP contribution in [-0.4, -0.2) is 30.1 Å². The Balaban J connectivity index is 5.08. The Labute approximate surface area is 89.1 Å². The van der Waals surface area contributed by atoms with E-state index >= 15 is 0 Å². The van der Waals surface area contributed by atoms with Crippen LogP contribution in [0.5, 0.6) is 0 Å². The van der Waals surface area contributed by atoms with Crippen LogP contribution in [0.3, 0.4) is 0 Å². The fourth-order valence-corrected chi connectivity index (χ4v) is 5.06. The minimum atomic E-state index is -2.56. The van der Waals surface area contributed by atoms with Gasteiger partial charge in [-0.15, -0.1) is 0 Å². The van der Waals surface area contributed by atoms with Gasteiger partial charge >= 0.3 is 8.80 Å². The third-order valence-electron chi connectivity index (χ3n) is 3.29. The number of hydrogen-bond donors (Lipinski definition) is 0. The highest BCUT2D eigenvalue weighted by molar-refractivity contribution is 6.64. The van der Waals surface area contributed by atoms with Crippen molar-refractivity contribution in [2.45, 2.75) is 38.1 Å². The second-order valence-corrected chi connectivity index (χ2v) is 6.80. The van der Waals surface area contributed by atoms with Crippen LogP contribution >= 0.6 is 0 Å². The van der Waals surface area contributed by atoms with E-state index in [1.54, 1.807) is 21.3 Å². The normalized spacial score (nSPS) is 13.3. The molecule has 0 aromatic carbocycles. The van der Waals surface area contributed by atoms with Gasteiger partial charge in [-0.1, -0.05) is 20.8 Å². The summed E-state index contributed by atoms with van der Waals surface area (Å²) < 4.78 is 16.6. The molecule has 0 aromatic heterocycles. The van der Waals surface area contributed by atoms with E-state index in [2.05, 4.69) is 20.8 Å². The molecule has 85 valence electrons. The fraction of sp³-hybridized carbons (Fsp3) is 0.900.